The van der Waals surface area contributed by atoms with Gasteiger partial charge in [-0.15, -0.1) is 11.8 Å². The summed E-state index contributed by atoms with van der Waals surface area (Å²) in [4.78, 5) is 1.11. The summed E-state index contributed by atoms with van der Waals surface area (Å²) >= 11 is 1.63. The van der Waals surface area contributed by atoms with E-state index in [4.69, 9.17) is 0 Å². The Bertz CT molecular complexity index is 457. The Labute approximate surface area is 114 Å². The molecule has 4 nitrogen and oxygen atoms in total. The minimum absolute atomic E-state index is 0.453. The Morgan fingerprint density at radius 1 is 1.28 bits per heavy atom. The zero-order chi connectivity index (χ0) is 13.6. The molecule has 0 spiro atoms. The van der Waals surface area contributed by atoms with Gasteiger partial charge in [-0.2, -0.15) is 0 Å². The second-order valence-electron chi connectivity index (χ2n) is 3.99. The fourth-order valence-electron chi connectivity index (χ4n) is 1.38. The van der Waals surface area contributed by atoms with Crippen molar-refractivity contribution in [3.63, 3.8) is 0 Å². The average molecular weight is 288 g/mol. The Hall–Kier alpha value is -0.720. The van der Waals surface area contributed by atoms with Crippen molar-refractivity contribution in [3.8, 4) is 0 Å². The minimum Gasteiger partial charge on any atom is -0.316 e. The Morgan fingerprint density at radius 2 is 1.89 bits per heavy atom. The lowest BCUT2D eigenvalue weighted by Crippen LogP contribution is -2.34. The van der Waals surface area contributed by atoms with Crippen LogP contribution >= 0.6 is 11.8 Å². The number of hydrogen-bond donors (Lipinski definition) is 2. The van der Waals surface area contributed by atoms with E-state index < -0.39 is 15.3 Å². The molecule has 0 saturated carbocycles. The third kappa shape index (κ3) is 4.51. The summed E-state index contributed by atoms with van der Waals surface area (Å²) in [6.07, 6.45) is 1.98. The van der Waals surface area contributed by atoms with E-state index in [0.717, 1.165) is 11.4 Å². The van der Waals surface area contributed by atoms with Crippen LogP contribution in [0.4, 0.5) is 5.69 Å². The Morgan fingerprint density at radius 3 is 2.39 bits per heavy atom. The fourth-order valence-corrected chi connectivity index (χ4v) is 2.79. The van der Waals surface area contributed by atoms with Crippen LogP contribution in [0.3, 0.4) is 0 Å². The van der Waals surface area contributed by atoms with E-state index in [-0.39, 0.29) is 0 Å². The lowest BCUT2D eigenvalue weighted by molar-refractivity contribution is 0.579. The van der Waals surface area contributed by atoms with Gasteiger partial charge in [0.25, 0.3) is 0 Å². The molecule has 0 heterocycles. The summed E-state index contributed by atoms with van der Waals surface area (Å²) < 4.78 is 26.6. The minimum atomic E-state index is -3.32. The van der Waals surface area contributed by atoms with Gasteiger partial charge in [-0.3, -0.25) is 4.72 Å². The number of anilines is 1. The van der Waals surface area contributed by atoms with Crippen LogP contribution in [0.2, 0.25) is 0 Å². The molecule has 0 fully saturated rings. The molecule has 0 bridgehead atoms. The molecule has 2 N–H and O–H groups in total. The van der Waals surface area contributed by atoms with Gasteiger partial charge in [-0.1, -0.05) is 6.92 Å². The van der Waals surface area contributed by atoms with E-state index in [1.807, 2.05) is 25.3 Å². The van der Waals surface area contributed by atoms with Crippen molar-refractivity contribution in [2.45, 2.75) is 24.0 Å². The van der Waals surface area contributed by atoms with Gasteiger partial charge in [-0.05, 0) is 44.0 Å². The fraction of sp³-hybridized carbons (Fsp3) is 0.500. The van der Waals surface area contributed by atoms with Crippen molar-refractivity contribution < 1.29 is 8.42 Å². The first-order valence-corrected chi connectivity index (χ1v) is 8.63. The maximum Gasteiger partial charge on any atom is 0.236 e. The Balaban J connectivity index is 2.69. The highest BCUT2D eigenvalue weighted by Gasteiger charge is 2.19. The summed E-state index contributed by atoms with van der Waals surface area (Å²) in [6, 6.07) is 7.36. The molecule has 102 valence electrons. The van der Waals surface area contributed by atoms with Gasteiger partial charge in [0.05, 0.1) is 5.25 Å². The molecule has 0 amide bonds. The monoisotopic (exact) mass is 288 g/mol. The second-order valence-corrected chi connectivity index (χ2v) is 6.97. The molecule has 0 aliphatic rings. The lowest BCUT2D eigenvalue weighted by atomic mass is 10.3. The molecule has 6 heteroatoms. The van der Waals surface area contributed by atoms with Gasteiger partial charge in [0.1, 0.15) is 0 Å². The Kier molecular flexibility index (Phi) is 5.98. The van der Waals surface area contributed by atoms with Gasteiger partial charge >= 0.3 is 0 Å². The van der Waals surface area contributed by atoms with Gasteiger partial charge < -0.3 is 5.32 Å². The average Bonchev–Trinajstić information content (AvgIpc) is 2.36. The highest BCUT2D eigenvalue weighted by Crippen LogP contribution is 2.18. The second kappa shape index (κ2) is 7.01. The summed E-state index contributed by atoms with van der Waals surface area (Å²) in [5.41, 5.74) is 0.608. The summed E-state index contributed by atoms with van der Waals surface area (Å²) in [5, 5.41) is 2.58. The van der Waals surface area contributed by atoms with Crippen LogP contribution in [0.15, 0.2) is 29.2 Å². The first kappa shape index (κ1) is 15.3. The summed E-state index contributed by atoms with van der Waals surface area (Å²) in [6.45, 7) is 4.87. The molecule has 0 radical (unpaired) electrons. The van der Waals surface area contributed by atoms with E-state index in [0.29, 0.717) is 12.2 Å². The van der Waals surface area contributed by atoms with Crippen LogP contribution in [0.5, 0.6) is 0 Å². The van der Waals surface area contributed by atoms with E-state index in [1.54, 1.807) is 30.8 Å². The molecule has 1 unspecified atom stereocenters. The third-order valence-corrected chi connectivity index (χ3v) is 5.05. The number of thioether (sulfide) groups is 1. The van der Waals surface area contributed by atoms with Crippen molar-refractivity contribution in [2.75, 3.05) is 24.1 Å². The number of sulfonamides is 1. The summed E-state index contributed by atoms with van der Waals surface area (Å²) in [7, 11) is -3.32. The van der Waals surface area contributed by atoms with Crippen LogP contribution in [0.1, 0.15) is 13.8 Å². The van der Waals surface area contributed by atoms with Crippen molar-refractivity contribution in [1.82, 2.24) is 5.32 Å². The smallest absolute Gasteiger partial charge is 0.236 e. The number of benzene rings is 1. The molecule has 0 aliphatic carbocycles. The molecular weight excluding hydrogens is 268 g/mol. The zero-order valence-electron chi connectivity index (χ0n) is 10.9. The molecule has 0 aromatic heterocycles. The quantitative estimate of drug-likeness (QED) is 0.755. The van der Waals surface area contributed by atoms with E-state index >= 15 is 0 Å². The topological polar surface area (TPSA) is 58.2 Å². The zero-order valence-corrected chi connectivity index (χ0v) is 12.6. The maximum absolute atomic E-state index is 12.0. The molecular formula is C12H20N2O2S2. The van der Waals surface area contributed by atoms with Crippen LogP contribution in [-0.2, 0) is 10.0 Å². The maximum atomic E-state index is 12.0. The van der Waals surface area contributed by atoms with E-state index in [2.05, 4.69) is 10.0 Å². The molecule has 1 atom stereocenters. The molecule has 0 aliphatic heterocycles. The van der Waals surface area contributed by atoms with Gasteiger partial charge in [-0.25, -0.2) is 8.42 Å². The molecule has 1 aromatic rings. The van der Waals surface area contributed by atoms with E-state index in [9.17, 15) is 8.42 Å². The van der Waals surface area contributed by atoms with Crippen LogP contribution in [0, 0.1) is 0 Å². The SMILES string of the molecule is CCNCC(C)S(=O)(=O)Nc1ccc(SC)cc1. The third-order valence-electron chi connectivity index (χ3n) is 2.56. The largest absolute Gasteiger partial charge is 0.316 e. The first-order valence-electron chi connectivity index (χ1n) is 5.86. The van der Waals surface area contributed by atoms with Crippen molar-refractivity contribution in [2.24, 2.45) is 0 Å². The van der Waals surface area contributed by atoms with Gasteiger partial charge in [0.2, 0.25) is 10.0 Å². The standard InChI is InChI=1S/C12H20N2O2S2/c1-4-13-9-10(2)18(15,16)14-11-5-7-12(17-3)8-6-11/h5-8,10,13-14H,4,9H2,1-3H3. The number of rotatable bonds is 7. The van der Waals surface area contributed by atoms with Crippen LogP contribution < -0.4 is 10.0 Å². The van der Waals surface area contributed by atoms with Gasteiger partial charge in [0.15, 0.2) is 0 Å². The highest BCUT2D eigenvalue weighted by atomic mass is 32.2. The number of nitrogens with one attached hydrogen (secondary N) is 2. The van der Waals surface area contributed by atoms with Crippen molar-refractivity contribution in [3.05, 3.63) is 24.3 Å². The first-order chi connectivity index (χ1) is 8.49. The normalized spacial score (nSPS) is 13.3. The van der Waals surface area contributed by atoms with Crippen LogP contribution in [-0.4, -0.2) is 33.0 Å². The van der Waals surface area contributed by atoms with E-state index in [1.165, 1.54) is 0 Å². The highest BCUT2D eigenvalue weighted by molar-refractivity contribution is 7.98. The van der Waals surface area contributed by atoms with Gasteiger partial charge in [0, 0.05) is 17.1 Å². The predicted molar refractivity (Wildman–Crippen MR) is 78.8 cm³/mol. The van der Waals surface area contributed by atoms with Crippen LogP contribution in [0.25, 0.3) is 0 Å². The molecule has 18 heavy (non-hydrogen) atoms. The predicted octanol–water partition coefficient (Wildman–Crippen LogP) is 2.15. The van der Waals surface area contributed by atoms with Crippen molar-refractivity contribution >= 4 is 27.5 Å². The number of hydrogen-bond acceptors (Lipinski definition) is 4. The molecule has 1 rings (SSSR count). The lowest BCUT2D eigenvalue weighted by Gasteiger charge is -2.15. The molecule has 1 aromatic carbocycles. The summed E-state index contributed by atoms with van der Waals surface area (Å²) in [5.74, 6) is 0. The van der Waals surface area contributed by atoms with Crippen molar-refractivity contribution in [1.29, 1.82) is 0 Å². The molecule has 0 saturated heterocycles.